The van der Waals surface area contributed by atoms with Crippen LogP contribution in [0.2, 0.25) is 5.02 Å². The summed E-state index contributed by atoms with van der Waals surface area (Å²) in [6.07, 6.45) is 0.0593. The summed E-state index contributed by atoms with van der Waals surface area (Å²) in [5, 5.41) is 6.11. The van der Waals surface area contributed by atoms with E-state index in [2.05, 4.69) is 10.6 Å². The predicted molar refractivity (Wildman–Crippen MR) is 98.9 cm³/mol. The van der Waals surface area contributed by atoms with E-state index in [0.717, 1.165) is 0 Å². The molecule has 0 spiro atoms. The molecule has 0 aliphatic heterocycles. The lowest BCUT2D eigenvalue weighted by atomic mass is 10.0. The van der Waals surface area contributed by atoms with Crippen molar-refractivity contribution in [1.29, 1.82) is 0 Å². The third kappa shape index (κ3) is 5.50. The molecule has 0 aliphatic carbocycles. The van der Waals surface area contributed by atoms with Gasteiger partial charge in [-0.25, -0.2) is 0 Å². The Morgan fingerprint density at radius 2 is 1.80 bits per heavy atom. The molecule has 2 aromatic carbocycles. The Kier molecular flexibility index (Phi) is 6.83. The molecule has 0 radical (unpaired) electrons. The largest absolute Gasteiger partial charge is 0.492 e. The van der Waals surface area contributed by atoms with E-state index in [4.69, 9.17) is 16.3 Å². The average Bonchev–Trinajstić information content (AvgIpc) is 2.56. The van der Waals surface area contributed by atoms with Crippen LogP contribution in [-0.4, -0.2) is 18.4 Å². The van der Waals surface area contributed by atoms with Crippen molar-refractivity contribution in [2.45, 2.75) is 26.3 Å². The maximum absolute atomic E-state index is 12.5. The molecule has 0 saturated carbocycles. The smallest absolute Gasteiger partial charge is 0.226 e. The molecule has 2 amide bonds. The highest BCUT2D eigenvalue weighted by atomic mass is 35.5. The van der Waals surface area contributed by atoms with E-state index in [1.54, 1.807) is 30.3 Å². The van der Waals surface area contributed by atoms with E-state index in [1.807, 2.05) is 25.1 Å². The first-order valence-electron chi connectivity index (χ1n) is 8.04. The second kappa shape index (κ2) is 9.08. The number of amides is 2. The Morgan fingerprint density at radius 3 is 2.48 bits per heavy atom. The van der Waals surface area contributed by atoms with Crippen LogP contribution < -0.4 is 15.4 Å². The Labute approximate surface area is 152 Å². The standard InChI is InChI=1S/C19H21ClN2O3/c1-3-25-18-11-7-6-10-16(18)22-19(24)12-17(21-13(2)23)14-8-4-5-9-15(14)20/h4-11,17H,3,12H2,1-2H3,(H,21,23)(H,22,24). The summed E-state index contributed by atoms with van der Waals surface area (Å²) < 4.78 is 5.51. The summed E-state index contributed by atoms with van der Waals surface area (Å²) >= 11 is 6.21. The van der Waals surface area contributed by atoms with Crippen molar-refractivity contribution in [3.05, 3.63) is 59.1 Å². The Balaban J connectivity index is 2.15. The summed E-state index contributed by atoms with van der Waals surface area (Å²) in [6, 6.07) is 13.9. The second-order valence-electron chi connectivity index (χ2n) is 5.46. The van der Waals surface area contributed by atoms with Gasteiger partial charge in [0.25, 0.3) is 0 Å². The minimum atomic E-state index is -0.509. The number of carbonyl (C=O) groups is 2. The molecule has 2 rings (SSSR count). The molecule has 1 atom stereocenters. The van der Waals surface area contributed by atoms with E-state index in [1.165, 1.54) is 6.92 Å². The normalized spacial score (nSPS) is 11.5. The van der Waals surface area contributed by atoms with Gasteiger partial charge < -0.3 is 15.4 Å². The molecular formula is C19H21ClN2O3. The van der Waals surface area contributed by atoms with Crippen LogP contribution in [0.25, 0.3) is 0 Å². The van der Waals surface area contributed by atoms with Crippen LogP contribution in [0.5, 0.6) is 5.75 Å². The van der Waals surface area contributed by atoms with Gasteiger partial charge in [0.1, 0.15) is 5.75 Å². The number of benzene rings is 2. The number of nitrogens with one attached hydrogen (secondary N) is 2. The molecular weight excluding hydrogens is 340 g/mol. The van der Waals surface area contributed by atoms with Crippen molar-refractivity contribution < 1.29 is 14.3 Å². The summed E-state index contributed by atoms with van der Waals surface area (Å²) in [5.74, 6) is 0.130. The zero-order chi connectivity index (χ0) is 18.2. The van der Waals surface area contributed by atoms with E-state index >= 15 is 0 Å². The molecule has 0 heterocycles. The van der Waals surface area contributed by atoms with E-state index in [0.29, 0.717) is 28.6 Å². The Hall–Kier alpha value is -2.53. The lowest BCUT2D eigenvalue weighted by molar-refractivity contribution is -0.120. The third-order valence-corrected chi connectivity index (χ3v) is 3.85. The van der Waals surface area contributed by atoms with E-state index in [9.17, 15) is 9.59 Å². The van der Waals surface area contributed by atoms with Crippen LogP contribution in [0.3, 0.4) is 0 Å². The molecule has 0 fully saturated rings. The van der Waals surface area contributed by atoms with Crippen LogP contribution in [0.4, 0.5) is 5.69 Å². The van der Waals surface area contributed by atoms with Gasteiger partial charge in [0.2, 0.25) is 11.8 Å². The van der Waals surface area contributed by atoms with Crippen LogP contribution in [0.15, 0.2) is 48.5 Å². The summed E-state index contributed by atoms with van der Waals surface area (Å²) in [4.78, 5) is 24.0. The van der Waals surface area contributed by atoms with Crippen molar-refractivity contribution in [2.24, 2.45) is 0 Å². The molecule has 0 aliphatic rings. The quantitative estimate of drug-likeness (QED) is 0.785. The molecule has 0 bridgehead atoms. The highest BCUT2D eigenvalue weighted by molar-refractivity contribution is 6.31. The minimum Gasteiger partial charge on any atom is -0.492 e. The van der Waals surface area contributed by atoms with Crippen molar-refractivity contribution in [3.8, 4) is 5.75 Å². The maximum Gasteiger partial charge on any atom is 0.226 e. The van der Waals surface area contributed by atoms with Crippen LogP contribution in [-0.2, 0) is 9.59 Å². The van der Waals surface area contributed by atoms with Gasteiger partial charge >= 0.3 is 0 Å². The molecule has 25 heavy (non-hydrogen) atoms. The highest BCUT2D eigenvalue weighted by Gasteiger charge is 2.20. The van der Waals surface area contributed by atoms with Gasteiger partial charge in [-0.15, -0.1) is 0 Å². The summed E-state index contributed by atoms with van der Waals surface area (Å²) in [6.45, 7) is 3.79. The molecule has 5 nitrogen and oxygen atoms in total. The third-order valence-electron chi connectivity index (χ3n) is 3.51. The molecule has 2 aromatic rings. The Bertz CT molecular complexity index is 749. The number of rotatable bonds is 7. The lowest BCUT2D eigenvalue weighted by Gasteiger charge is -2.19. The van der Waals surface area contributed by atoms with Gasteiger partial charge in [-0.2, -0.15) is 0 Å². The Morgan fingerprint density at radius 1 is 1.12 bits per heavy atom. The number of anilines is 1. The molecule has 2 N–H and O–H groups in total. The van der Waals surface area contributed by atoms with Gasteiger partial charge in [-0.05, 0) is 30.7 Å². The highest BCUT2D eigenvalue weighted by Crippen LogP contribution is 2.27. The fourth-order valence-corrected chi connectivity index (χ4v) is 2.75. The molecule has 132 valence electrons. The molecule has 0 saturated heterocycles. The first-order valence-corrected chi connectivity index (χ1v) is 8.42. The van der Waals surface area contributed by atoms with Crippen LogP contribution in [0, 0.1) is 0 Å². The van der Waals surface area contributed by atoms with Gasteiger partial charge in [0.05, 0.1) is 24.8 Å². The second-order valence-corrected chi connectivity index (χ2v) is 5.86. The summed E-state index contributed by atoms with van der Waals surface area (Å²) in [5.41, 5.74) is 1.29. The van der Waals surface area contributed by atoms with Gasteiger partial charge in [0.15, 0.2) is 0 Å². The van der Waals surface area contributed by atoms with Gasteiger partial charge in [-0.1, -0.05) is 41.9 Å². The van der Waals surface area contributed by atoms with Gasteiger partial charge in [-0.3, -0.25) is 9.59 Å². The lowest BCUT2D eigenvalue weighted by Crippen LogP contribution is -2.30. The average molecular weight is 361 g/mol. The van der Waals surface area contributed by atoms with E-state index in [-0.39, 0.29) is 18.2 Å². The van der Waals surface area contributed by atoms with Crippen LogP contribution in [0.1, 0.15) is 31.9 Å². The fourth-order valence-electron chi connectivity index (χ4n) is 2.48. The van der Waals surface area contributed by atoms with Crippen molar-refractivity contribution in [1.82, 2.24) is 5.32 Å². The maximum atomic E-state index is 12.5. The van der Waals surface area contributed by atoms with Crippen molar-refractivity contribution in [3.63, 3.8) is 0 Å². The molecule has 1 unspecified atom stereocenters. The topological polar surface area (TPSA) is 67.4 Å². The predicted octanol–water partition coefficient (Wildman–Crippen LogP) is 3.94. The molecule has 0 aromatic heterocycles. The first kappa shape index (κ1) is 18.8. The van der Waals surface area contributed by atoms with Crippen molar-refractivity contribution in [2.75, 3.05) is 11.9 Å². The number of halogens is 1. The van der Waals surface area contributed by atoms with Gasteiger partial charge in [0, 0.05) is 11.9 Å². The number of carbonyl (C=O) groups excluding carboxylic acids is 2. The van der Waals surface area contributed by atoms with Crippen LogP contribution >= 0.6 is 11.6 Å². The number of para-hydroxylation sites is 2. The number of ether oxygens (including phenoxy) is 1. The fraction of sp³-hybridized carbons (Fsp3) is 0.263. The first-order chi connectivity index (χ1) is 12.0. The minimum absolute atomic E-state index is 0.0593. The number of hydrogen-bond acceptors (Lipinski definition) is 3. The summed E-state index contributed by atoms with van der Waals surface area (Å²) in [7, 11) is 0. The SMILES string of the molecule is CCOc1ccccc1NC(=O)CC(NC(C)=O)c1ccccc1Cl. The zero-order valence-electron chi connectivity index (χ0n) is 14.2. The van der Waals surface area contributed by atoms with E-state index < -0.39 is 6.04 Å². The zero-order valence-corrected chi connectivity index (χ0v) is 15.0. The molecule has 6 heteroatoms. The number of hydrogen-bond donors (Lipinski definition) is 2. The van der Waals surface area contributed by atoms with Crippen molar-refractivity contribution >= 4 is 29.1 Å². The monoisotopic (exact) mass is 360 g/mol.